The third kappa shape index (κ3) is 3.57. The number of carbonyl (C=O) groups excluding carboxylic acids is 2. The van der Waals surface area contributed by atoms with Gasteiger partial charge in [-0.05, 0) is 50.4 Å². The molecule has 0 spiro atoms. The molecule has 1 unspecified atom stereocenters. The van der Waals surface area contributed by atoms with Crippen molar-refractivity contribution in [1.29, 1.82) is 0 Å². The van der Waals surface area contributed by atoms with Crippen molar-refractivity contribution in [3.8, 4) is 0 Å². The molecule has 3 N–H and O–H groups in total. The molecule has 0 aromatic carbocycles. The topological polar surface area (TPSA) is 75.4 Å². The van der Waals surface area contributed by atoms with E-state index in [1.165, 1.54) is 25.7 Å². The van der Waals surface area contributed by atoms with Gasteiger partial charge in [0.1, 0.15) is 0 Å². The van der Waals surface area contributed by atoms with Crippen LogP contribution in [-0.4, -0.2) is 42.9 Å². The number of piperidine rings is 1. The van der Waals surface area contributed by atoms with E-state index in [1.807, 2.05) is 4.90 Å². The highest BCUT2D eigenvalue weighted by Crippen LogP contribution is 2.50. The van der Waals surface area contributed by atoms with Crippen LogP contribution in [0.2, 0.25) is 0 Å². The second-order valence-electron chi connectivity index (χ2n) is 6.90. The van der Waals surface area contributed by atoms with E-state index in [-0.39, 0.29) is 17.7 Å². The maximum Gasteiger partial charge on any atom is 0.226 e. The van der Waals surface area contributed by atoms with Gasteiger partial charge in [-0.25, -0.2) is 0 Å². The fraction of sp³-hybridized carbons (Fsp3) is 0.875. The molecule has 2 amide bonds. The van der Waals surface area contributed by atoms with E-state index in [2.05, 4.69) is 5.32 Å². The molecule has 5 heteroatoms. The Morgan fingerprint density at radius 2 is 1.81 bits per heavy atom. The Kier molecular flexibility index (Phi) is 4.48. The Bertz CT molecular complexity index is 392. The Morgan fingerprint density at radius 3 is 2.38 bits per heavy atom. The second kappa shape index (κ2) is 6.34. The summed E-state index contributed by atoms with van der Waals surface area (Å²) >= 11 is 0. The first-order chi connectivity index (χ1) is 10.2. The van der Waals surface area contributed by atoms with Gasteiger partial charge in [0, 0.05) is 32.1 Å². The molecule has 0 bridgehead atoms. The zero-order chi connectivity index (χ0) is 14.8. The molecular weight excluding hydrogens is 266 g/mol. The van der Waals surface area contributed by atoms with E-state index in [0.29, 0.717) is 37.4 Å². The lowest BCUT2D eigenvalue weighted by atomic mass is 9.92. The summed E-state index contributed by atoms with van der Waals surface area (Å²) in [6.07, 6.45) is 6.72. The minimum Gasteiger partial charge on any atom is -0.355 e. The van der Waals surface area contributed by atoms with Gasteiger partial charge in [-0.2, -0.15) is 0 Å². The molecule has 0 aromatic heterocycles. The summed E-state index contributed by atoms with van der Waals surface area (Å²) in [6, 6.07) is 0. The van der Waals surface area contributed by atoms with Crippen LogP contribution in [0.25, 0.3) is 0 Å². The van der Waals surface area contributed by atoms with Crippen molar-refractivity contribution in [2.24, 2.45) is 29.4 Å². The summed E-state index contributed by atoms with van der Waals surface area (Å²) in [6.45, 7) is 2.42. The number of amides is 2. The predicted molar refractivity (Wildman–Crippen MR) is 80.3 cm³/mol. The van der Waals surface area contributed by atoms with Crippen LogP contribution in [0, 0.1) is 23.7 Å². The largest absolute Gasteiger partial charge is 0.355 e. The van der Waals surface area contributed by atoms with Crippen LogP contribution in [0.5, 0.6) is 0 Å². The van der Waals surface area contributed by atoms with Crippen LogP contribution >= 0.6 is 0 Å². The van der Waals surface area contributed by atoms with Crippen molar-refractivity contribution in [3.63, 3.8) is 0 Å². The maximum absolute atomic E-state index is 12.8. The van der Waals surface area contributed by atoms with Crippen LogP contribution in [0.3, 0.4) is 0 Å². The maximum atomic E-state index is 12.8. The lowest BCUT2D eigenvalue weighted by Gasteiger charge is -2.34. The first kappa shape index (κ1) is 14.8. The molecule has 1 heterocycles. The molecule has 1 saturated heterocycles. The zero-order valence-electron chi connectivity index (χ0n) is 12.7. The van der Waals surface area contributed by atoms with E-state index in [9.17, 15) is 9.59 Å². The molecular formula is C16H27N3O2. The van der Waals surface area contributed by atoms with Gasteiger partial charge in [-0.3, -0.25) is 9.59 Å². The van der Waals surface area contributed by atoms with Gasteiger partial charge in [-0.1, -0.05) is 0 Å². The zero-order valence-corrected chi connectivity index (χ0v) is 12.7. The number of nitrogens with one attached hydrogen (secondary N) is 1. The van der Waals surface area contributed by atoms with Gasteiger partial charge in [0.05, 0.1) is 5.92 Å². The fourth-order valence-electron chi connectivity index (χ4n) is 3.64. The molecule has 3 rings (SSSR count). The number of rotatable bonds is 6. The summed E-state index contributed by atoms with van der Waals surface area (Å²) in [5.41, 5.74) is 5.42. The molecule has 0 aromatic rings. The third-order valence-corrected chi connectivity index (χ3v) is 5.09. The Hall–Kier alpha value is -1.10. The normalized spacial score (nSPS) is 26.0. The van der Waals surface area contributed by atoms with Crippen molar-refractivity contribution in [2.75, 3.05) is 26.2 Å². The van der Waals surface area contributed by atoms with E-state index in [0.717, 1.165) is 19.4 Å². The number of nitrogens with two attached hydrogens (primary N) is 1. The lowest BCUT2D eigenvalue weighted by molar-refractivity contribution is -0.140. The minimum atomic E-state index is -0.0479. The first-order valence-corrected chi connectivity index (χ1v) is 8.47. The number of likely N-dealkylation sites (tertiary alicyclic amines) is 1. The first-order valence-electron chi connectivity index (χ1n) is 8.47. The molecule has 2 saturated carbocycles. The average molecular weight is 293 g/mol. The highest BCUT2D eigenvalue weighted by molar-refractivity contribution is 5.83. The quantitative estimate of drug-likeness (QED) is 0.758. The summed E-state index contributed by atoms with van der Waals surface area (Å²) in [7, 11) is 0. The third-order valence-electron chi connectivity index (χ3n) is 5.09. The number of hydrogen-bond donors (Lipinski definition) is 2. The summed E-state index contributed by atoms with van der Waals surface area (Å²) < 4.78 is 0. The summed E-state index contributed by atoms with van der Waals surface area (Å²) in [4.78, 5) is 26.9. The Labute approximate surface area is 126 Å². The van der Waals surface area contributed by atoms with E-state index >= 15 is 0 Å². The number of carbonyl (C=O) groups is 2. The van der Waals surface area contributed by atoms with Gasteiger partial charge in [0.2, 0.25) is 11.8 Å². The second-order valence-corrected chi connectivity index (χ2v) is 6.90. The van der Waals surface area contributed by atoms with Gasteiger partial charge in [0.25, 0.3) is 0 Å². The monoisotopic (exact) mass is 293 g/mol. The van der Waals surface area contributed by atoms with Crippen molar-refractivity contribution < 1.29 is 9.59 Å². The molecule has 118 valence electrons. The van der Waals surface area contributed by atoms with Crippen LogP contribution in [0.1, 0.15) is 38.5 Å². The van der Waals surface area contributed by atoms with E-state index in [1.54, 1.807) is 0 Å². The van der Waals surface area contributed by atoms with E-state index < -0.39 is 0 Å². The molecule has 0 radical (unpaired) electrons. The summed E-state index contributed by atoms with van der Waals surface area (Å²) in [5, 5.41) is 2.86. The average Bonchev–Trinajstić information content (AvgIpc) is 3.39. The lowest BCUT2D eigenvalue weighted by Crippen LogP contribution is -2.48. The molecule has 1 aliphatic heterocycles. The van der Waals surface area contributed by atoms with Gasteiger partial charge in [0.15, 0.2) is 0 Å². The molecule has 3 aliphatic rings. The predicted octanol–water partition coefficient (Wildman–Crippen LogP) is 0.736. The van der Waals surface area contributed by atoms with Crippen LogP contribution < -0.4 is 11.1 Å². The Morgan fingerprint density at radius 1 is 1.14 bits per heavy atom. The van der Waals surface area contributed by atoms with Crippen LogP contribution in [0.15, 0.2) is 0 Å². The summed E-state index contributed by atoms with van der Waals surface area (Å²) in [5.74, 6) is 1.88. The molecule has 3 fully saturated rings. The fourth-order valence-corrected chi connectivity index (χ4v) is 3.64. The molecule has 21 heavy (non-hydrogen) atoms. The van der Waals surface area contributed by atoms with Crippen LogP contribution in [-0.2, 0) is 9.59 Å². The van der Waals surface area contributed by atoms with Gasteiger partial charge >= 0.3 is 0 Å². The SMILES string of the molecule is NCCNC(=O)C1CCCN(C(=O)C(C2CC2)C2CC2)C1. The smallest absolute Gasteiger partial charge is 0.226 e. The Balaban J connectivity index is 1.57. The van der Waals surface area contributed by atoms with Crippen molar-refractivity contribution in [1.82, 2.24) is 10.2 Å². The molecule has 1 atom stereocenters. The van der Waals surface area contributed by atoms with Crippen molar-refractivity contribution >= 4 is 11.8 Å². The van der Waals surface area contributed by atoms with Crippen molar-refractivity contribution in [3.05, 3.63) is 0 Å². The van der Waals surface area contributed by atoms with E-state index in [4.69, 9.17) is 5.73 Å². The van der Waals surface area contributed by atoms with Gasteiger partial charge < -0.3 is 16.0 Å². The highest BCUT2D eigenvalue weighted by atomic mass is 16.2. The number of nitrogens with zero attached hydrogens (tertiary/aromatic N) is 1. The van der Waals surface area contributed by atoms with Crippen LogP contribution in [0.4, 0.5) is 0 Å². The standard InChI is InChI=1S/C16H27N3O2/c17-7-8-18-15(20)13-2-1-9-19(10-13)16(21)14(11-3-4-11)12-5-6-12/h11-14H,1-10,17H2,(H,18,20). The number of hydrogen-bond acceptors (Lipinski definition) is 3. The minimum absolute atomic E-state index is 0.0479. The highest BCUT2D eigenvalue weighted by Gasteiger charge is 2.47. The molecule has 5 nitrogen and oxygen atoms in total. The van der Waals surface area contributed by atoms with Crippen molar-refractivity contribution in [2.45, 2.75) is 38.5 Å². The molecule has 2 aliphatic carbocycles. The van der Waals surface area contributed by atoms with Gasteiger partial charge in [-0.15, -0.1) is 0 Å².